The molecule has 0 radical (unpaired) electrons. The summed E-state index contributed by atoms with van der Waals surface area (Å²) >= 11 is 0. The first-order valence-corrected chi connectivity index (χ1v) is 5.36. The molecule has 2 atom stereocenters. The van der Waals surface area contributed by atoms with Crippen molar-refractivity contribution in [3.05, 3.63) is 23.8 Å². The molecule has 1 aromatic carbocycles. The lowest BCUT2D eigenvalue weighted by Gasteiger charge is -2.19. The molecule has 0 aliphatic heterocycles. The molecule has 6 heteroatoms. The second-order valence-electron chi connectivity index (χ2n) is 3.79. The van der Waals surface area contributed by atoms with Crippen molar-refractivity contribution in [3.63, 3.8) is 0 Å². The predicted molar refractivity (Wildman–Crippen MR) is 65.0 cm³/mol. The van der Waals surface area contributed by atoms with Crippen LogP contribution in [-0.4, -0.2) is 36.5 Å². The number of ether oxygens (including phenoxy) is 2. The number of methoxy groups -OCH3 is 2. The molecule has 0 heterocycles. The quantitative estimate of drug-likeness (QED) is 0.514. The largest absolute Gasteiger partial charge is 0.496 e. The van der Waals surface area contributed by atoms with Gasteiger partial charge in [0.1, 0.15) is 11.9 Å². The van der Waals surface area contributed by atoms with E-state index in [-0.39, 0.29) is 6.42 Å². The standard InChI is InChI=1S/C12H17NO5/c1-17-10-5-7(13)3-4-8(10)12(16)9(14)6-11(15)18-2/h3-5,9,12,14,16H,6,13H2,1-2H3. The Hall–Kier alpha value is -1.79. The molecule has 0 saturated heterocycles. The number of esters is 1. The van der Waals surface area contributed by atoms with Crippen LogP contribution in [0.4, 0.5) is 5.69 Å². The van der Waals surface area contributed by atoms with Crippen molar-refractivity contribution in [1.82, 2.24) is 0 Å². The van der Waals surface area contributed by atoms with Crippen LogP contribution in [0.2, 0.25) is 0 Å². The van der Waals surface area contributed by atoms with Crippen molar-refractivity contribution in [3.8, 4) is 5.75 Å². The van der Waals surface area contributed by atoms with Crippen molar-refractivity contribution < 1.29 is 24.5 Å². The second-order valence-corrected chi connectivity index (χ2v) is 3.79. The summed E-state index contributed by atoms with van der Waals surface area (Å²) in [5.41, 5.74) is 6.42. The molecule has 0 bridgehead atoms. The molecule has 0 fully saturated rings. The summed E-state index contributed by atoms with van der Waals surface area (Å²) in [6.45, 7) is 0. The third kappa shape index (κ3) is 3.35. The Balaban J connectivity index is 2.89. The molecule has 0 saturated carbocycles. The van der Waals surface area contributed by atoms with Crippen LogP contribution in [0.5, 0.6) is 5.75 Å². The number of anilines is 1. The van der Waals surface area contributed by atoms with Gasteiger partial charge in [-0.1, -0.05) is 6.07 Å². The average molecular weight is 255 g/mol. The van der Waals surface area contributed by atoms with Crippen LogP contribution in [0.15, 0.2) is 18.2 Å². The van der Waals surface area contributed by atoms with Gasteiger partial charge in [0.15, 0.2) is 0 Å². The minimum absolute atomic E-state index is 0.300. The van der Waals surface area contributed by atoms with Gasteiger partial charge in [-0.15, -0.1) is 0 Å². The Bertz CT molecular complexity index is 421. The number of nitrogen functional groups attached to an aromatic ring is 1. The van der Waals surface area contributed by atoms with Gasteiger partial charge in [0.25, 0.3) is 0 Å². The molecule has 0 aromatic heterocycles. The predicted octanol–water partition coefficient (Wildman–Crippen LogP) is 0.235. The maximum atomic E-state index is 11.0. The van der Waals surface area contributed by atoms with E-state index in [9.17, 15) is 15.0 Å². The smallest absolute Gasteiger partial charge is 0.308 e. The fourth-order valence-electron chi connectivity index (χ4n) is 1.55. The van der Waals surface area contributed by atoms with Gasteiger partial charge in [0.2, 0.25) is 0 Å². The summed E-state index contributed by atoms with van der Waals surface area (Å²) in [6, 6.07) is 4.65. The first-order valence-electron chi connectivity index (χ1n) is 5.36. The zero-order chi connectivity index (χ0) is 13.7. The lowest BCUT2D eigenvalue weighted by molar-refractivity contribution is -0.144. The number of aliphatic hydroxyl groups excluding tert-OH is 2. The minimum Gasteiger partial charge on any atom is -0.496 e. The van der Waals surface area contributed by atoms with Gasteiger partial charge in [-0.05, 0) is 6.07 Å². The van der Waals surface area contributed by atoms with E-state index in [0.717, 1.165) is 0 Å². The zero-order valence-corrected chi connectivity index (χ0v) is 10.3. The highest BCUT2D eigenvalue weighted by atomic mass is 16.5. The normalized spacial score (nSPS) is 13.8. The van der Waals surface area contributed by atoms with Crippen molar-refractivity contribution in [2.45, 2.75) is 18.6 Å². The van der Waals surface area contributed by atoms with Crippen LogP contribution < -0.4 is 10.5 Å². The van der Waals surface area contributed by atoms with Gasteiger partial charge in [0.05, 0.1) is 26.7 Å². The fraction of sp³-hybridized carbons (Fsp3) is 0.417. The van der Waals surface area contributed by atoms with E-state index < -0.39 is 18.2 Å². The molecule has 18 heavy (non-hydrogen) atoms. The summed E-state index contributed by atoms with van der Waals surface area (Å²) in [7, 11) is 2.64. The monoisotopic (exact) mass is 255 g/mol. The maximum Gasteiger partial charge on any atom is 0.308 e. The molecule has 0 spiro atoms. The highest BCUT2D eigenvalue weighted by Crippen LogP contribution is 2.30. The van der Waals surface area contributed by atoms with E-state index in [2.05, 4.69) is 4.74 Å². The molecule has 0 aliphatic carbocycles. The van der Waals surface area contributed by atoms with Crippen LogP contribution in [0.25, 0.3) is 0 Å². The second kappa shape index (κ2) is 6.23. The third-order valence-corrected chi connectivity index (χ3v) is 2.54. The average Bonchev–Trinajstić information content (AvgIpc) is 2.37. The number of aliphatic hydroxyl groups is 2. The molecular weight excluding hydrogens is 238 g/mol. The van der Waals surface area contributed by atoms with E-state index >= 15 is 0 Å². The summed E-state index contributed by atoms with van der Waals surface area (Å²) in [6.07, 6.45) is -2.82. The van der Waals surface area contributed by atoms with E-state index in [1.807, 2.05) is 0 Å². The number of rotatable bonds is 5. The number of hydrogen-bond donors (Lipinski definition) is 3. The molecule has 0 aliphatic rings. The van der Waals surface area contributed by atoms with E-state index in [1.54, 1.807) is 12.1 Å². The fourth-order valence-corrected chi connectivity index (χ4v) is 1.55. The van der Waals surface area contributed by atoms with Gasteiger partial charge in [-0.25, -0.2) is 0 Å². The Morgan fingerprint density at radius 3 is 2.61 bits per heavy atom. The summed E-state index contributed by atoms with van der Waals surface area (Å²) < 4.78 is 9.48. The summed E-state index contributed by atoms with van der Waals surface area (Å²) in [5, 5.41) is 19.7. The number of nitrogens with two attached hydrogens (primary N) is 1. The van der Waals surface area contributed by atoms with E-state index in [0.29, 0.717) is 17.0 Å². The lowest BCUT2D eigenvalue weighted by atomic mass is 10.0. The molecular formula is C12H17NO5. The van der Waals surface area contributed by atoms with Crippen LogP contribution in [0.1, 0.15) is 18.1 Å². The van der Waals surface area contributed by atoms with Crippen LogP contribution in [0.3, 0.4) is 0 Å². The van der Waals surface area contributed by atoms with Crippen LogP contribution >= 0.6 is 0 Å². The third-order valence-electron chi connectivity index (χ3n) is 2.54. The van der Waals surface area contributed by atoms with Crippen molar-refractivity contribution in [2.24, 2.45) is 0 Å². The van der Waals surface area contributed by atoms with Crippen LogP contribution in [0, 0.1) is 0 Å². The zero-order valence-electron chi connectivity index (χ0n) is 10.3. The minimum atomic E-state index is -1.27. The Labute approximate surface area is 105 Å². The van der Waals surface area contributed by atoms with Crippen molar-refractivity contribution in [1.29, 1.82) is 0 Å². The highest BCUT2D eigenvalue weighted by Gasteiger charge is 2.24. The van der Waals surface area contributed by atoms with Gasteiger partial charge in [-0.2, -0.15) is 0 Å². The number of benzene rings is 1. The van der Waals surface area contributed by atoms with Crippen molar-refractivity contribution in [2.75, 3.05) is 20.0 Å². The molecule has 100 valence electrons. The van der Waals surface area contributed by atoms with Gasteiger partial charge in [0, 0.05) is 17.3 Å². The molecule has 4 N–H and O–H groups in total. The number of carbonyl (C=O) groups excluding carboxylic acids is 1. The lowest BCUT2D eigenvalue weighted by Crippen LogP contribution is -2.23. The molecule has 1 rings (SSSR count). The van der Waals surface area contributed by atoms with Gasteiger partial charge < -0.3 is 25.4 Å². The Morgan fingerprint density at radius 2 is 2.06 bits per heavy atom. The summed E-state index contributed by atoms with van der Waals surface area (Å²) in [5.74, 6) is -0.248. The first-order chi connectivity index (χ1) is 8.49. The summed E-state index contributed by atoms with van der Waals surface area (Å²) in [4.78, 5) is 11.0. The topological polar surface area (TPSA) is 102 Å². The Morgan fingerprint density at radius 1 is 1.39 bits per heavy atom. The van der Waals surface area contributed by atoms with Crippen molar-refractivity contribution >= 4 is 11.7 Å². The molecule has 2 unspecified atom stereocenters. The molecule has 0 amide bonds. The maximum absolute atomic E-state index is 11.0. The molecule has 6 nitrogen and oxygen atoms in total. The number of hydrogen-bond acceptors (Lipinski definition) is 6. The van der Waals surface area contributed by atoms with Gasteiger partial charge >= 0.3 is 5.97 Å². The SMILES string of the molecule is COC(=O)CC(O)C(O)c1ccc(N)cc1OC. The highest BCUT2D eigenvalue weighted by molar-refractivity contribution is 5.69. The first kappa shape index (κ1) is 14.3. The van der Waals surface area contributed by atoms with E-state index in [4.69, 9.17) is 10.5 Å². The van der Waals surface area contributed by atoms with Crippen LogP contribution in [-0.2, 0) is 9.53 Å². The van der Waals surface area contributed by atoms with E-state index in [1.165, 1.54) is 20.3 Å². The molecule has 1 aromatic rings. The Kier molecular flexibility index (Phi) is 4.94. The number of carbonyl (C=O) groups is 1. The van der Waals surface area contributed by atoms with Gasteiger partial charge in [-0.3, -0.25) is 4.79 Å².